The topological polar surface area (TPSA) is 140 Å². The molecular formula is C14H23ClN4O5S. The molecule has 1 aromatic heterocycles. The number of furan rings is 1. The molecular weight excluding hydrogens is 372 g/mol. The molecule has 1 aliphatic heterocycles. The summed E-state index contributed by atoms with van der Waals surface area (Å²) in [5.41, 5.74) is 10.9. The number of hydrogen-bond donors (Lipinski definition) is 2. The lowest BCUT2D eigenvalue weighted by Gasteiger charge is -2.35. The number of amides is 2. The van der Waals surface area contributed by atoms with Crippen LogP contribution in [0.5, 0.6) is 0 Å². The Hall–Kier alpha value is -1.62. The number of piperazine rings is 1. The lowest BCUT2D eigenvalue weighted by molar-refractivity contribution is -0.134. The number of primary amides is 1. The van der Waals surface area contributed by atoms with Gasteiger partial charge in [0.15, 0.2) is 5.76 Å². The second-order valence-corrected chi connectivity index (χ2v) is 7.85. The minimum Gasteiger partial charge on any atom is -0.438 e. The van der Waals surface area contributed by atoms with E-state index in [2.05, 4.69) is 0 Å². The zero-order chi connectivity index (χ0) is 18.1. The summed E-state index contributed by atoms with van der Waals surface area (Å²) in [6, 6.07) is 1.81. The van der Waals surface area contributed by atoms with E-state index in [1.165, 1.54) is 16.4 Å². The van der Waals surface area contributed by atoms with E-state index in [0.29, 0.717) is 0 Å². The first-order chi connectivity index (χ1) is 11.1. The summed E-state index contributed by atoms with van der Waals surface area (Å²) in [6.45, 7) is 4.48. The number of nitrogens with zero attached hydrogens (tertiary/aromatic N) is 2. The zero-order valence-electron chi connectivity index (χ0n) is 14.0. The maximum Gasteiger partial charge on any atom is 0.284 e. The summed E-state index contributed by atoms with van der Waals surface area (Å²) in [5, 5.41) is -0.338. The van der Waals surface area contributed by atoms with Gasteiger partial charge in [-0.15, -0.1) is 12.4 Å². The van der Waals surface area contributed by atoms with Crippen LogP contribution in [0.1, 0.15) is 24.4 Å². The van der Waals surface area contributed by atoms with Crippen molar-refractivity contribution in [1.82, 2.24) is 9.21 Å². The Bertz CT molecular complexity index is 725. The summed E-state index contributed by atoms with van der Waals surface area (Å²) in [6.07, 6.45) is 0. The van der Waals surface area contributed by atoms with Gasteiger partial charge in [0.1, 0.15) is 0 Å². The summed E-state index contributed by atoms with van der Waals surface area (Å²) in [5.74, 6) is -1.23. The Morgan fingerprint density at radius 2 is 1.72 bits per heavy atom. The van der Waals surface area contributed by atoms with Gasteiger partial charge in [-0.05, 0) is 18.1 Å². The van der Waals surface area contributed by atoms with Crippen molar-refractivity contribution in [3.63, 3.8) is 0 Å². The summed E-state index contributed by atoms with van der Waals surface area (Å²) < 4.78 is 31.2. The van der Waals surface area contributed by atoms with Crippen LogP contribution in [0, 0.1) is 5.92 Å². The Kier molecular flexibility index (Phi) is 7.00. The quantitative estimate of drug-likeness (QED) is 0.697. The van der Waals surface area contributed by atoms with Crippen LogP contribution in [0.15, 0.2) is 21.6 Å². The highest BCUT2D eigenvalue weighted by Gasteiger charge is 2.34. The number of halogens is 1. The van der Waals surface area contributed by atoms with E-state index in [4.69, 9.17) is 15.9 Å². The first-order valence-electron chi connectivity index (χ1n) is 7.58. The van der Waals surface area contributed by atoms with Gasteiger partial charge in [0.25, 0.3) is 15.9 Å². The molecule has 11 heteroatoms. The van der Waals surface area contributed by atoms with Crippen molar-refractivity contribution in [1.29, 1.82) is 0 Å². The van der Waals surface area contributed by atoms with Crippen LogP contribution in [0.25, 0.3) is 0 Å². The fourth-order valence-corrected chi connectivity index (χ4v) is 3.70. The van der Waals surface area contributed by atoms with E-state index in [9.17, 15) is 18.0 Å². The maximum atomic E-state index is 12.5. The lowest BCUT2D eigenvalue weighted by atomic mass is 10.0. The van der Waals surface area contributed by atoms with E-state index >= 15 is 0 Å². The Labute approximate surface area is 152 Å². The Balaban J connectivity index is 0.00000312. The zero-order valence-corrected chi connectivity index (χ0v) is 15.7. The molecule has 1 aromatic rings. The van der Waals surface area contributed by atoms with Gasteiger partial charge in [-0.2, -0.15) is 4.31 Å². The molecule has 0 saturated carbocycles. The van der Waals surface area contributed by atoms with E-state index in [-0.39, 0.29) is 61.3 Å². The van der Waals surface area contributed by atoms with E-state index in [1.807, 2.05) is 13.8 Å². The highest BCUT2D eigenvalue weighted by atomic mass is 35.5. The average molecular weight is 395 g/mol. The fraction of sp³-hybridized carbons (Fsp3) is 0.571. The van der Waals surface area contributed by atoms with Crippen LogP contribution in [0.2, 0.25) is 0 Å². The standard InChI is InChI=1S/C14H22N4O5S.ClH/c1-9(2)12(15)14(20)17-5-7-18(8-6-17)24(21,22)11-4-3-10(23-11)13(16)19;/h3-4,9,12H,5-8,15H2,1-2H3,(H2,16,19);1H/t12-;/m0./s1. The molecule has 0 radical (unpaired) electrons. The number of hydrogen-bond acceptors (Lipinski definition) is 6. The third-order valence-corrected chi connectivity index (χ3v) is 5.74. The Morgan fingerprint density at radius 1 is 1.16 bits per heavy atom. The monoisotopic (exact) mass is 394 g/mol. The van der Waals surface area contributed by atoms with E-state index < -0.39 is 22.0 Å². The van der Waals surface area contributed by atoms with Crippen LogP contribution in [-0.2, 0) is 14.8 Å². The lowest BCUT2D eigenvalue weighted by Crippen LogP contribution is -2.55. The first kappa shape index (κ1) is 21.4. The molecule has 0 bridgehead atoms. The van der Waals surface area contributed by atoms with E-state index in [0.717, 1.165) is 0 Å². The van der Waals surface area contributed by atoms with Crippen molar-refractivity contribution in [2.45, 2.75) is 25.0 Å². The third kappa shape index (κ3) is 4.51. The highest BCUT2D eigenvalue weighted by Crippen LogP contribution is 2.20. The highest BCUT2D eigenvalue weighted by molar-refractivity contribution is 7.89. The third-order valence-electron chi connectivity index (χ3n) is 3.97. The molecule has 2 heterocycles. The maximum absolute atomic E-state index is 12.5. The average Bonchev–Trinajstić information content (AvgIpc) is 3.04. The van der Waals surface area contributed by atoms with Crippen molar-refractivity contribution in [3.05, 3.63) is 17.9 Å². The van der Waals surface area contributed by atoms with Gasteiger partial charge in [-0.1, -0.05) is 13.8 Å². The molecule has 2 amide bonds. The smallest absolute Gasteiger partial charge is 0.284 e. The van der Waals surface area contributed by atoms with Crippen molar-refractivity contribution < 1.29 is 22.4 Å². The van der Waals surface area contributed by atoms with Gasteiger partial charge in [0.2, 0.25) is 11.0 Å². The molecule has 0 unspecified atom stereocenters. The molecule has 142 valence electrons. The number of carbonyl (C=O) groups is 2. The van der Waals surface area contributed by atoms with Gasteiger partial charge >= 0.3 is 0 Å². The molecule has 25 heavy (non-hydrogen) atoms. The number of carbonyl (C=O) groups excluding carboxylic acids is 2. The minimum absolute atomic E-state index is 0. The largest absolute Gasteiger partial charge is 0.438 e. The number of rotatable bonds is 5. The van der Waals surface area contributed by atoms with Crippen LogP contribution < -0.4 is 11.5 Å². The van der Waals surface area contributed by atoms with Gasteiger partial charge in [-0.3, -0.25) is 9.59 Å². The van der Waals surface area contributed by atoms with Crippen LogP contribution >= 0.6 is 12.4 Å². The number of nitrogens with two attached hydrogens (primary N) is 2. The van der Waals surface area contributed by atoms with Crippen molar-refractivity contribution in [3.8, 4) is 0 Å². The SMILES string of the molecule is CC(C)[C@H](N)C(=O)N1CCN(S(=O)(=O)c2ccc(C(N)=O)o2)CC1.Cl. The predicted molar refractivity (Wildman–Crippen MR) is 92.6 cm³/mol. The van der Waals surface area contributed by atoms with Crippen LogP contribution in [0.4, 0.5) is 0 Å². The van der Waals surface area contributed by atoms with Crippen molar-refractivity contribution >= 4 is 34.2 Å². The molecule has 4 N–H and O–H groups in total. The molecule has 0 spiro atoms. The molecule has 1 fully saturated rings. The van der Waals surface area contributed by atoms with Gasteiger partial charge in [0, 0.05) is 26.2 Å². The first-order valence-corrected chi connectivity index (χ1v) is 9.02. The summed E-state index contributed by atoms with van der Waals surface area (Å²) in [4.78, 5) is 24.8. The molecule has 0 aromatic carbocycles. The van der Waals surface area contributed by atoms with Crippen LogP contribution in [0.3, 0.4) is 0 Å². The summed E-state index contributed by atoms with van der Waals surface area (Å²) in [7, 11) is -3.87. The van der Waals surface area contributed by atoms with Gasteiger partial charge < -0.3 is 20.8 Å². The second-order valence-electron chi connectivity index (χ2n) is 5.98. The van der Waals surface area contributed by atoms with Crippen LogP contribution in [-0.4, -0.2) is 61.7 Å². The number of sulfonamides is 1. The Morgan fingerprint density at radius 3 is 2.16 bits per heavy atom. The predicted octanol–water partition coefficient (Wildman–Crippen LogP) is -0.383. The van der Waals surface area contributed by atoms with Crippen molar-refractivity contribution in [2.75, 3.05) is 26.2 Å². The molecule has 2 rings (SSSR count). The molecule has 0 aliphatic carbocycles. The molecule has 1 aliphatic rings. The molecule has 1 atom stereocenters. The summed E-state index contributed by atoms with van der Waals surface area (Å²) >= 11 is 0. The van der Waals surface area contributed by atoms with Crippen molar-refractivity contribution in [2.24, 2.45) is 17.4 Å². The molecule has 1 saturated heterocycles. The molecule has 9 nitrogen and oxygen atoms in total. The fourth-order valence-electron chi connectivity index (χ4n) is 2.36. The second kappa shape index (κ2) is 8.17. The minimum atomic E-state index is -3.87. The normalized spacial score (nSPS) is 17.2. The van der Waals surface area contributed by atoms with Gasteiger partial charge in [0.05, 0.1) is 6.04 Å². The van der Waals surface area contributed by atoms with E-state index in [1.54, 1.807) is 4.90 Å². The van der Waals surface area contributed by atoms with Gasteiger partial charge in [-0.25, -0.2) is 8.42 Å².